The van der Waals surface area contributed by atoms with Crippen LogP contribution in [0.1, 0.15) is 19.8 Å². The van der Waals surface area contributed by atoms with Gasteiger partial charge in [0.2, 0.25) is 5.91 Å². The zero-order valence-corrected chi connectivity index (χ0v) is 18.2. The number of piperazine rings is 2. The van der Waals surface area contributed by atoms with Crippen molar-refractivity contribution in [1.29, 1.82) is 0 Å². The first-order valence-corrected chi connectivity index (χ1v) is 10.9. The van der Waals surface area contributed by atoms with Gasteiger partial charge in [0.1, 0.15) is 0 Å². The summed E-state index contributed by atoms with van der Waals surface area (Å²) >= 11 is 0. The van der Waals surface area contributed by atoms with E-state index in [9.17, 15) is 4.79 Å². The van der Waals surface area contributed by atoms with Crippen LogP contribution in [0.15, 0.2) is 4.99 Å². The van der Waals surface area contributed by atoms with Gasteiger partial charge in [-0.2, -0.15) is 0 Å². The number of guanidine groups is 1. The Hall–Kier alpha value is -1.38. The first-order chi connectivity index (χ1) is 13.5. The molecule has 0 bridgehead atoms. The molecule has 28 heavy (non-hydrogen) atoms. The van der Waals surface area contributed by atoms with Gasteiger partial charge in [-0.15, -0.1) is 0 Å². The van der Waals surface area contributed by atoms with Gasteiger partial charge in [-0.05, 0) is 33.9 Å². The van der Waals surface area contributed by atoms with E-state index in [2.05, 4.69) is 50.9 Å². The van der Waals surface area contributed by atoms with E-state index in [0.717, 1.165) is 84.2 Å². The van der Waals surface area contributed by atoms with E-state index in [1.807, 2.05) is 11.9 Å². The fourth-order valence-corrected chi connectivity index (χ4v) is 4.54. The highest BCUT2D eigenvalue weighted by Crippen LogP contribution is 2.14. The van der Waals surface area contributed by atoms with E-state index < -0.39 is 0 Å². The molecule has 1 amide bonds. The summed E-state index contributed by atoms with van der Waals surface area (Å²) in [5, 5.41) is 3.59. The molecule has 2 unspecified atom stereocenters. The number of carbonyl (C=O) groups excluding carboxylic acids is 1. The Bertz CT molecular complexity index is 541. The highest BCUT2D eigenvalue weighted by molar-refractivity contribution is 5.82. The van der Waals surface area contributed by atoms with Gasteiger partial charge >= 0.3 is 0 Å². The molecule has 0 radical (unpaired) electrons. The first-order valence-electron chi connectivity index (χ1n) is 10.9. The third-order valence-corrected chi connectivity index (χ3v) is 6.62. The predicted molar refractivity (Wildman–Crippen MR) is 114 cm³/mol. The summed E-state index contributed by atoms with van der Waals surface area (Å²) in [7, 11) is 6.27. The SMILES string of the molecule is CN=C(NCC1CN(C)CCN1C)N1CCN(C(C)C(=O)N2CCCC2)CC1. The molecule has 3 fully saturated rings. The van der Waals surface area contributed by atoms with Crippen LogP contribution in [0.5, 0.6) is 0 Å². The second-order valence-electron chi connectivity index (χ2n) is 8.56. The van der Waals surface area contributed by atoms with Crippen molar-refractivity contribution in [2.24, 2.45) is 4.99 Å². The van der Waals surface area contributed by atoms with Gasteiger partial charge < -0.3 is 20.0 Å². The number of likely N-dealkylation sites (tertiary alicyclic amines) is 1. The van der Waals surface area contributed by atoms with Crippen molar-refractivity contribution in [2.45, 2.75) is 31.8 Å². The number of amides is 1. The van der Waals surface area contributed by atoms with Gasteiger partial charge in [-0.25, -0.2) is 0 Å². The lowest BCUT2D eigenvalue weighted by atomic mass is 10.2. The Morgan fingerprint density at radius 1 is 1.00 bits per heavy atom. The second kappa shape index (κ2) is 9.89. The number of carbonyl (C=O) groups is 1. The van der Waals surface area contributed by atoms with E-state index in [1.54, 1.807) is 0 Å². The largest absolute Gasteiger partial charge is 0.355 e. The number of hydrogen-bond donors (Lipinski definition) is 1. The molecule has 3 saturated heterocycles. The van der Waals surface area contributed by atoms with Crippen molar-refractivity contribution < 1.29 is 4.79 Å². The maximum atomic E-state index is 12.7. The quantitative estimate of drug-likeness (QED) is 0.510. The fourth-order valence-electron chi connectivity index (χ4n) is 4.54. The number of aliphatic imine (C=N–C) groups is 1. The average Bonchev–Trinajstić information content (AvgIpc) is 3.25. The minimum Gasteiger partial charge on any atom is -0.355 e. The lowest BCUT2D eigenvalue weighted by Crippen LogP contribution is -2.59. The summed E-state index contributed by atoms with van der Waals surface area (Å²) in [5.41, 5.74) is 0. The van der Waals surface area contributed by atoms with E-state index in [-0.39, 0.29) is 6.04 Å². The maximum Gasteiger partial charge on any atom is 0.239 e. The molecule has 3 rings (SSSR count). The van der Waals surface area contributed by atoms with Crippen LogP contribution < -0.4 is 5.32 Å². The Balaban J connectivity index is 1.45. The van der Waals surface area contributed by atoms with Gasteiger partial charge in [0.15, 0.2) is 5.96 Å². The van der Waals surface area contributed by atoms with Crippen molar-refractivity contribution in [3.63, 3.8) is 0 Å². The third-order valence-electron chi connectivity index (χ3n) is 6.62. The van der Waals surface area contributed by atoms with Crippen molar-refractivity contribution >= 4 is 11.9 Å². The standard InChI is InChI=1S/C20H39N7O/c1-17(19(28)26-7-5-6-8-26)25-11-13-27(14-12-25)20(21-2)22-15-18-16-23(3)9-10-24(18)4/h17-18H,5-16H2,1-4H3,(H,21,22). The van der Waals surface area contributed by atoms with Gasteiger partial charge in [0.05, 0.1) is 6.04 Å². The van der Waals surface area contributed by atoms with E-state index >= 15 is 0 Å². The van der Waals surface area contributed by atoms with Gasteiger partial charge in [-0.1, -0.05) is 0 Å². The molecular weight excluding hydrogens is 354 g/mol. The van der Waals surface area contributed by atoms with Crippen molar-refractivity contribution in [3.05, 3.63) is 0 Å². The van der Waals surface area contributed by atoms with Crippen LogP contribution in [-0.2, 0) is 4.79 Å². The van der Waals surface area contributed by atoms with Crippen molar-refractivity contribution in [2.75, 3.05) is 86.6 Å². The van der Waals surface area contributed by atoms with Gasteiger partial charge in [0, 0.05) is 78.5 Å². The van der Waals surface area contributed by atoms with Crippen LogP contribution >= 0.6 is 0 Å². The van der Waals surface area contributed by atoms with E-state index in [0.29, 0.717) is 11.9 Å². The zero-order chi connectivity index (χ0) is 20.1. The molecule has 1 N–H and O–H groups in total. The minimum absolute atomic E-state index is 0.0124. The number of nitrogens with one attached hydrogen (secondary N) is 1. The maximum absolute atomic E-state index is 12.7. The molecule has 3 aliphatic rings. The summed E-state index contributed by atoms with van der Waals surface area (Å²) in [6.45, 7) is 11.8. The molecule has 0 aromatic heterocycles. The number of nitrogens with zero attached hydrogens (tertiary/aromatic N) is 6. The molecule has 0 saturated carbocycles. The molecule has 0 aliphatic carbocycles. The van der Waals surface area contributed by atoms with Crippen LogP contribution in [0.3, 0.4) is 0 Å². The number of likely N-dealkylation sites (N-methyl/N-ethyl adjacent to an activating group) is 2. The normalized spacial score (nSPS) is 27.3. The highest BCUT2D eigenvalue weighted by Gasteiger charge is 2.31. The second-order valence-corrected chi connectivity index (χ2v) is 8.56. The monoisotopic (exact) mass is 393 g/mol. The molecule has 8 heteroatoms. The smallest absolute Gasteiger partial charge is 0.239 e. The van der Waals surface area contributed by atoms with Crippen LogP contribution in [-0.4, -0.2) is 135 Å². The van der Waals surface area contributed by atoms with Crippen LogP contribution in [0, 0.1) is 0 Å². The summed E-state index contributed by atoms with van der Waals surface area (Å²) < 4.78 is 0. The van der Waals surface area contributed by atoms with Crippen molar-refractivity contribution in [3.8, 4) is 0 Å². The fraction of sp³-hybridized carbons (Fsp3) is 0.900. The Labute approximate surface area is 170 Å². The van der Waals surface area contributed by atoms with Gasteiger partial charge in [-0.3, -0.25) is 19.6 Å². The van der Waals surface area contributed by atoms with Crippen LogP contribution in [0.25, 0.3) is 0 Å². The molecular formula is C20H39N7O. The van der Waals surface area contributed by atoms with E-state index in [4.69, 9.17) is 0 Å². The van der Waals surface area contributed by atoms with Crippen molar-refractivity contribution in [1.82, 2.24) is 29.8 Å². The molecule has 3 aliphatic heterocycles. The number of rotatable bonds is 4. The van der Waals surface area contributed by atoms with Crippen LogP contribution in [0.4, 0.5) is 0 Å². The summed E-state index contributed by atoms with van der Waals surface area (Å²) in [4.78, 5) is 28.7. The topological polar surface area (TPSA) is 57.7 Å². The first kappa shape index (κ1) is 21.3. The van der Waals surface area contributed by atoms with Crippen LogP contribution in [0.2, 0.25) is 0 Å². The molecule has 0 spiro atoms. The molecule has 8 nitrogen and oxygen atoms in total. The summed E-state index contributed by atoms with van der Waals surface area (Å²) in [6, 6.07) is 0.497. The average molecular weight is 394 g/mol. The lowest BCUT2D eigenvalue weighted by molar-refractivity contribution is -0.135. The lowest BCUT2D eigenvalue weighted by Gasteiger charge is -2.41. The molecule has 2 atom stereocenters. The molecule has 0 aromatic rings. The Kier molecular flexibility index (Phi) is 7.54. The molecule has 0 aromatic carbocycles. The summed E-state index contributed by atoms with van der Waals surface area (Å²) in [6.07, 6.45) is 2.31. The number of hydrogen-bond acceptors (Lipinski definition) is 5. The Morgan fingerprint density at radius 3 is 2.32 bits per heavy atom. The molecule has 160 valence electrons. The zero-order valence-electron chi connectivity index (χ0n) is 18.2. The minimum atomic E-state index is -0.0124. The third kappa shape index (κ3) is 5.15. The summed E-state index contributed by atoms with van der Waals surface area (Å²) in [5.74, 6) is 1.29. The Morgan fingerprint density at radius 2 is 1.68 bits per heavy atom. The predicted octanol–water partition coefficient (Wildman–Crippen LogP) is -0.564. The molecule has 3 heterocycles. The van der Waals surface area contributed by atoms with E-state index in [1.165, 1.54) is 0 Å². The highest BCUT2D eigenvalue weighted by atomic mass is 16.2. The van der Waals surface area contributed by atoms with Gasteiger partial charge in [0.25, 0.3) is 0 Å².